The largest absolute Gasteiger partial charge is 0.491 e. The van der Waals surface area contributed by atoms with E-state index in [1.54, 1.807) is 23.0 Å². The smallest absolute Gasteiger partial charge is 0.323 e. The number of ether oxygens (including phenoxy) is 2. The van der Waals surface area contributed by atoms with Gasteiger partial charge in [-0.25, -0.2) is 4.78 Å². The fourth-order valence-corrected chi connectivity index (χ4v) is 5.19. The molecule has 1 unspecified atom stereocenters. The lowest BCUT2D eigenvalue weighted by molar-refractivity contribution is -0.150. The van der Waals surface area contributed by atoms with E-state index in [1.165, 1.54) is 7.11 Å². The van der Waals surface area contributed by atoms with Crippen molar-refractivity contribution in [2.45, 2.75) is 13.8 Å². The van der Waals surface area contributed by atoms with Crippen molar-refractivity contribution in [1.29, 1.82) is 0 Å². The summed E-state index contributed by atoms with van der Waals surface area (Å²) in [6, 6.07) is 5.20. The van der Waals surface area contributed by atoms with E-state index in [-0.39, 0.29) is 13.2 Å². The molecule has 0 amide bonds. The molecule has 0 saturated carbocycles. The highest BCUT2D eigenvalue weighted by Crippen LogP contribution is 2.55. The van der Waals surface area contributed by atoms with Crippen LogP contribution in [0.25, 0.3) is 0 Å². The molecular weight excluding hydrogens is 351 g/mol. The molecular formula is C16H20ClN2O4P. The Hall–Kier alpha value is -1.52. The van der Waals surface area contributed by atoms with Crippen LogP contribution in [0.15, 0.2) is 23.3 Å². The van der Waals surface area contributed by atoms with Crippen LogP contribution in [0.1, 0.15) is 19.4 Å². The van der Waals surface area contributed by atoms with Crippen LogP contribution in [0, 0.1) is 5.41 Å². The molecule has 8 heteroatoms. The van der Waals surface area contributed by atoms with Gasteiger partial charge in [0.15, 0.2) is 12.7 Å². The quantitative estimate of drug-likeness (QED) is 0.601. The number of esters is 1. The predicted molar refractivity (Wildman–Crippen MR) is 93.3 cm³/mol. The van der Waals surface area contributed by atoms with Gasteiger partial charge in [0.25, 0.3) is 0 Å². The van der Waals surface area contributed by atoms with Crippen LogP contribution in [0.2, 0.25) is 5.02 Å². The zero-order valence-electron chi connectivity index (χ0n) is 13.9. The second-order valence-corrected chi connectivity index (χ2v) is 9.82. The minimum atomic E-state index is -2.66. The SMILES string of the molecule is CCP(=O)(CC)N1CC2(C(=O)OC)COc3cc(Cl)ccc3C2=N1. The van der Waals surface area contributed by atoms with Crippen molar-refractivity contribution >= 4 is 30.6 Å². The Balaban J connectivity index is 2.15. The van der Waals surface area contributed by atoms with Gasteiger partial charge in [-0.3, -0.25) is 9.36 Å². The van der Waals surface area contributed by atoms with Gasteiger partial charge in [0, 0.05) is 22.9 Å². The van der Waals surface area contributed by atoms with Gasteiger partial charge in [-0.05, 0) is 18.2 Å². The van der Waals surface area contributed by atoms with Gasteiger partial charge in [0.05, 0.1) is 19.4 Å². The zero-order chi connectivity index (χ0) is 17.5. The Morgan fingerprint density at radius 1 is 1.46 bits per heavy atom. The van der Waals surface area contributed by atoms with Gasteiger partial charge in [0.1, 0.15) is 12.4 Å². The minimum Gasteiger partial charge on any atom is -0.491 e. The number of hydrazone groups is 1. The van der Waals surface area contributed by atoms with Gasteiger partial charge >= 0.3 is 5.97 Å². The summed E-state index contributed by atoms with van der Waals surface area (Å²) in [7, 11) is -1.32. The van der Waals surface area contributed by atoms with E-state index in [4.69, 9.17) is 21.1 Å². The third-order valence-electron chi connectivity index (χ3n) is 4.74. The van der Waals surface area contributed by atoms with Crippen molar-refractivity contribution in [1.82, 2.24) is 4.78 Å². The number of halogens is 1. The Morgan fingerprint density at radius 2 is 2.17 bits per heavy atom. The van der Waals surface area contributed by atoms with E-state index in [0.717, 1.165) is 0 Å². The van der Waals surface area contributed by atoms with Gasteiger partial charge < -0.3 is 9.47 Å². The number of carbonyl (C=O) groups excluding carboxylic acids is 1. The van der Waals surface area contributed by atoms with Crippen molar-refractivity contribution in [3.05, 3.63) is 28.8 Å². The second-order valence-electron chi connectivity index (χ2n) is 5.96. The van der Waals surface area contributed by atoms with Gasteiger partial charge in [-0.15, -0.1) is 0 Å². The molecule has 0 N–H and O–H groups in total. The third-order valence-corrected chi connectivity index (χ3v) is 8.02. The number of fused-ring (bicyclic) bond motifs is 3. The topological polar surface area (TPSA) is 68.2 Å². The Labute approximate surface area is 146 Å². The molecule has 0 saturated heterocycles. The molecule has 2 aliphatic heterocycles. The number of carbonyl (C=O) groups is 1. The van der Waals surface area contributed by atoms with Crippen LogP contribution in [-0.2, 0) is 14.1 Å². The fourth-order valence-electron chi connectivity index (χ4n) is 3.18. The molecule has 0 aliphatic carbocycles. The van der Waals surface area contributed by atoms with Crippen molar-refractivity contribution in [2.24, 2.45) is 10.5 Å². The first-order valence-electron chi connectivity index (χ1n) is 7.86. The molecule has 1 atom stereocenters. The number of rotatable bonds is 4. The maximum atomic E-state index is 13.1. The Morgan fingerprint density at radius 3 is 2.79 bits per heavy atom. The van der Waals surface area contributed by atoms with Gasteiger partial charge in [0.2, 0.25) is 0 Å². The molecule has 3 rings (SSSR count). The normalized spacial score (nSPS) is 22.3. The fraction of sp³-hybridized carbons (Fsp3) is 0.500. The molecule has 130 valence electrons. The molecule has 0 bridgehead atoms. The van der Waals surface area contributed by atoms with Crippen molar-refractivity contribution in [2.75, 3.05) is 32.6 Å². The molecule has 6 nitrogen and oxygen atoms in total. The van der Waals surface area contributed by atoms with E-state index in [9.17, 15) is 9.36 Å². The molecule has 2 heterocycles. The average Bonchev–Trinajstić information content (AvgIpc) is 3.01. The summed E-state index contributed by atoms with van der Waals surface area (Å²) in [5, 5.41) is 5.14. The third kappa shape index (κ3) is 2.44. The summed E-state index contributed by atoms with van der Waals surface area (Å²) in [6.45, 7) is 4.05. The van der Waals surface area contributed by atoms with E-state index < -0.39 is 18.7 Å². The summed E-state index contributed by atoms with van der Waals surface area (Å²) >= 11 is 6.02. The second kappa shape index (κ2) is 6.08. The lowest BCUT2D eigenvalue weighted by Crippen LogP contribution is -2.49. The summed E-state index contributed by atoms with van der Waals surface area (Å²) in [4.78, 5) is 12.6. The molecule has 1 aromatic carbocycles. The molecule has 24 heavy (non-hydrogen) atoms. The number of nitrogens with zero attached hydrogens (tertiary/aromatic N) is 2. The standard InChI is InChI=1S/C16H20ClN2O4P/c1-4-24(21,5-2)19-9-16(15(20)22-3)10-23-13-8-11(17)6-7-12(13)14(16)18-19/h6-8H,4-5,9-10H2,1-3H3. The lowest BCUT2D eigenvalue weighted by Gasteiger charge is -2.33. The Bertz CT molecular complexity index is 758. The van der Waals surface area contributed by atoms with E-state index >= 15 is 0 Å². The van der Waals surface area contributed by atoms with Crippen LogP contribution < -0.4 is 4.74 Å². The first-order valence-corrected chi connectivity index (χ1v) is 10.3. The molecule has 0 aromatic heterocycles. The van der Waals surface area contributed by atoms with Crippen LogP contribution in [0.3, 0.4) is 0 Å². The van der Waals surface area contributed by atoms with Crippen LogP contribution >= 0.6 is 18.9 Å². The predicted octanol–water partition coefficient (Wildman–Crippen LogP) is 3.23. The zero-order valence-corrected chi connectivity index (χ0v) is 15.6. The number of hydrogen-bond donors (Lipinski definition) is 0. The van der Waals surface area contributed by atoms with Gasteiger partial charge in [-0.1, -0.05) is 25.4 Å². The molecule has 0 fully saturated rings. The first-order chi connectivity index (χ1) is 11.4. The minimum absolute atomic E-state index is 0.0930. The summed E-state index contributed by atoms with van der Waals surface area (Å²) in [5.41, 5.74) is 0.182. The van der Waals surface area contributed by atoms with Crippen molar-refractivity contribution < 1.29 is 18.8 Å². The van der Waals surface area contributed by atoms with Gasteiger partial charge in [-0.2, -0.15) is 5.10 Å². The first kappa shape index (κ1) is 17.3. The van der Waals surface area contributed by atoms with Crippen molar-refractivity contribution in [3.63, 3.8) is 0 Å². The maximum absolute atomic E-state index is 13.1. The highest BCUT2D eigenvalue weighted by Gasteiger charge is 2.56. The Kier molecular flexibility index (Phi) is 4.39. The van der Waals surface area contributed by atoms with Crippen molar-refractivity contribution in [3.8, 4) is 5.75 Å². The lowest BCUT2D eigenvalue weighted by atomic mass is 9.79. The highest BCUT2D eigenvalue weighted by atomic mass is 35.5. The van der Waals surface area contributed by atoms with E-state index in [1.807, 2.05) is 13.8 Å². The van der Waals surface area contributed by atoms with E-state index in [0.29, 0.717) is 34.4 Å². The summed E-state index contributed by atoms with van der Waals surface area (Å²) in [6.07, 6.45) is 0.984. The molecule has 2 aliphatic rings. The number of methoxy groups -OCH3 is 1. The number of hydrogen-bond acceptors (Lipinski definition) is 5. The van der Waals surface area contributed by atoms with Crippen LogP contribution in [0.5, 0.6) is 5.75 Å². The van der Waals surface area contributed by atoms with E-state index in [2.05, 4.69) is 5.10 Å². The number of benzene rings is 1. The summed E-state index contributed by atoms with van der Waals surface area (Å²) in [5.74, 6) is 0.147. The molecule has 0 radical (unpaired) electrons. The monoisotopic (exact) mass is 370 g/mol. The van der Waals surface area contributed by atoms with Crippen LogP contribution in [0.4, 0.5) is 0 Å². The molecule has 0 spiro atoms. The molecule has 1 aromatic rings. The average molecular weight is 371 g/mol. The van der Waals surface area contributed by atoms with Crippen LogP contribution in [-0.4, -0.2) is 49.0 Å². The summed E-state index contributed by atoms with van der Waals surface area (Å²) < 4.78 is 25.5. The highest BCUT2D eigenvalue weighted by molar-refractivity contribution is 7.61. The maximum Gasteiger partial charge on any atom is 0.323 e.